The van der Waals surface area contributed by atoms with Gasteiger partial charge in [0, 0.05) is 31.7 Å². The number of benzene rings is 1. The summed E-state index contributed by atoms with van der Waals surface area (Å²) in [5, 5.41) is 7.49. The summed E-state index contributed by atoms with van der Waals surface area (Å²) in [7, 11) is 0. The molecule has 0 unspecified atom stereocenters. The molecule has 1 aliphatic heterocycles. The van der Waals surface area contributed by atoms with E-state index in [1.54, 1.807) is 0 Å². The maximum atomic E-state index is 5.25. The minimum Gasteiger partial charge on any atom is -0.361 e. The number of aryl methyl sites for hydroxylation is 2. The van der Waals surface area contributed by atoms with E-state index >= 15 is 0 Å². The molecule has 150 valence electrons. The standard InChI is InChI=1S/C23H32N4O/c1-4-24-23(25-14-8-11-22-18(2)26-28-19(22)3)27-15-12-21(13-16-27)17-20-9-6-5-7-10-20/h5-7,9-10,17H,4,8,11-16H2,1-3H3,(H,24,25). The van der Waals surface area contributed by atoms with Gasteiger partial charge in [-0.3, -0.25) is 4.99 Å². The smallest absolute Gasteiger partial charge is 0.193 e. The first kappa shape index (κ1) is 20.2. The van der Waals surface area contributed by atoms with Crippen molar-refractivity contribution in [3.05, 3.63) is 58.5 Å². The number of hydrogen-bond acceptors (Lipinski definition) is 3. The van der Waals surface area contributed by atoms with Crippen LogP contribution in [-0.4, -0.2) is 42.2 Å². The molecule has 0 bridgehead atoms. The lowest BCUT2D eigenvalue weighted by Gasteiger charge is -2.31. The molecule has 3 rings (SSSR count). The molecule has 1 aromatic carbocycles. The van der Waals surface area contributed by atoms with Gasteiger partial charge in [-0.25, -0.2) is 0 Å². The van der Waals surface area contributed by atoms with Crippen LogP contribution in [0.15, 0.2) is 45.4 Å². The Balaban J connectivity index is 1.52. The number of likely N-dealkylation sites (tertiary alicyclic amines) is 1. The number of piperidine rings is 1. The Hall–Kier alpha value is -2.56. The van der Waals surface area contributed by atoms with E-state index in [0.29, 0.717) is 0 Å². The summed E-state index contributed by atoms with van der Waals surface area (Å²) in [6.45, 7) is 9.87. The molecular formula is C23H32N4O. The number of aliphatic imine (C=N–C) groups is 1. The first-order valence-electron chi connectivity index (χ1n) is 10.4. The van der Waals surface area contributed by atoms with Crippen LogP contribution in [0.25, 0.3) is 6.08 Å². The van der Waals surface area contributed by atoms with Crippen molar-refractivity contribution >= 4 is 12.0 Å². The third-order valence-corrected chi connectivity index (χ3v) is 5.24. The summed E-state index contributed by atoms with van der Waals surface area (Å²) in [6.07, 6.45) is 6.50. The molecule has 0 spiro atoms. The molecule has 1 aliphatic rings. The minimum atomic E-state index is 0.815. The minimum absolute atomic E-state index is 0.815. The summed E-state index contributed by atoms with van der Waals surface area (Å²) in [5.41, 5.74) is 5.05. The van der Waals surface area contributed by atoms with Crippen LogP contribution in [0, 0.1) is 13.8 Å². The fourth-order valence-electron chi connectivity index (χ4n) is 3.66. The molecule has 5 heteroatoms. The molecule has 0 aliphatic carbocycles. The molecule has 1 N–H and O–H groups in total. The van der Waals surface area contributed by atoms with E-state index in [0.717, 1.165) is 69.3 Å². The van der Waals surface area contributed by atoms with Gasteiger partial charge in [-0.05, 0) is 52.0 Å². The molecule has 5 nitrogen and oxygen atoms in total. The van der Waals surface area contributed by atoms with Crippen LogP contribution in [0.5, 0.6) is 0 Å². The maximum absolute atomic E-state index is 5.25. The fourth-order valence-corrected chi connectivity index (χ4v) is 3.66. The van der Waals surface area contributed by atoms with Crippen molar-refractivity contribution < 1.29 is 4.52 Å². The lowest BCUT2D eigenvalue weighted by molar-refractivity contribution is 0.375. The molecule has 0 amide bonds. The lowest BCUT2D eigenvalue weighted by atomic mass is 10.0. The van der Waals surface area contributed by atoms with Gasteiger partial charge in [0.15, 0.2) is 5.96 Å². The quantitative estimate of drug-likeness (QED) is 0.459. The van der Waals surface area contributed by atoms with Crippen molar-refractivity contribution in [3.63, 3.8) is 0 Å². The Kier molecular flexibility index (Phi) is 7.29. The highest BCUT2D eigenvalue weighted by Gasteiger charge is 2.17. The van der Waals surface area contributed by atoms with Gasteiger partial charge in [-0.15, -0.1) is 0 Å². The number of hydrogen-bond donors (Lipinski definition) is 1. The Labute approximate surface area is 168 Å². The predicted molar refractivity (Wildman–Crippen MR) is 116 cm³/mol. The van der Waals surface area contributed by atoms with Crippen molar-refractivity contribution in [2.75, 3.05) is 26.2 Å². The van der Waals surface area contributed by atoms with E-state index in [1.165, 1.54) is 16.7 Å². The maximum Gasteiger partial charge on any atom is 0.193 e. The second kappa shape index (κ2) is 10.1. The van der Waals surface area contributed by atoms with Crippen molar-refractivity contribution in [2.24, 2.45) is 4.99 Å². The Morgan fingerprint density at radius 1 is 1.21 bits per heavy atom. The van der Waals surface area contributed by atoms with Gasteiger partial charge in [0.25, 0.3) is 0 Å². The highest BCUT2D eigenvalue weighted by atomic mass is 16.5. The van der Waals surface area contributed by atoms with Gasteiger partial charge in [0.1, 0.15) is 5.76 Å². The molecule has 28 heavy (non-hydrogen) atoms. The van der Waals surface area contributed by atoms with Crippen LogP contribution in [0.4, 0.5) is 0 Å². The summed E-state index contributed by atoms with van der Waals surface area (Å²) in [5.74, 6) is 1.97. The van der Waals surface area contributed by atoms with Crippen molar-refractivity contribution in [2.45, 2.75) is 46.5 Å². The van der Waals surface area contributed by atoms with Gasteiger partial charge >= 0.3 is 0 Å². The Morgan fingerprint density at radius 2 is 1.96 bits per heavy atom. The summed E-state index contributed by atoms with van der Waals surface area (Å²) >= 11 is 0. The van der Waals surface area contributed by atoms with E-state index in [-0.39, 0.29) is 0 Å². The molecule has 0 saturated carbocycles. The van der Waals surface area contributed by atoms with E-state index in [2.05, 4.69) is 58.7 Å². The molecule has 0 atom stereocenters. The second-order valence-corrected chi connectivity index (χ2v) is 7.34. The van der Waals surface area contributed by atoms with Gasteiger partial charge in [0.05, 0.1) is 5.69 Å². The zero-order valence-corrected chi connectivity index (χ0v) is 17.4. The number of nitrogens with one attached hydrogen (secondary N) is 1. The van der Waals surface area contributed by atoms with Gasteiger partial charge in [-0.2, -0.15) is 0 Å². The van der Waals surface area contributed by atoms with Gasteiger partial charge in [-0.1, -0.05) is 47.1 Å². The highest BCUT2D eigenvalue weighted by Crippen LogP contribution is 2.20. The zero-order chi connectivity index (χ0) is 19.8. The summed E-state index contributed by atoms with van der Waals surface area (Å²) in [6, 6.07) is 10.6. The fraction of sp³-hybridized carbons (Fsp3) is 0.478. The molecule has 1 fully saturated rings. The van der Waals surface area contributed by atoms with Crippen LogP contribution in [-0.2, 0) is 6.42 Å². The lowest BCUT2D eigenvalue weighted by Crippen LogP contribution is -2.44. The Morgan fingerprint density at radius 3 is 2.61 bits per heavy atom. The second-order valence-electron chi connectivity index (χ2n) is 7.34. The molecule has 1 aromatic heterocycles. The number of rotatable bonds is 6. The third kappa shape index (κ3) is 5.47. The van der Waals surface area contributed by atoms with Crippen LogP contribution in [0.3, 0.4) is 0 Å². The van der Waals surface area contributed by atoms with Crippen LogP contribution < -0.4 is 5.32 Å². The van der Waals surface area contributed by atoms with Crippen LogP contribution >= 0.6 is 0 Å². The number of guanidine groups is 1. The van der Waals surface area contributed by atoms with Crippen molar-refractivity contribution in [1.82, 2.24) is 15.4 Å². The van der Waals surface area contributed by atoms with Gasteiger partial charge < -0.3 is 14.7 Å². The molecule has 1 saturated heterocycles. The van der Waals surface area contributed by atoms with Crippen molar-refractivity contribution in [1.29, 1.82) is 0 Å². The van der Waals surface area contributed by atoms with E-state index in [4.69, 9.17) is 9.52 Å². The Bertz CT molecular complexity index is 778. The first-order chi connectivity index (χ1) is 13.7. The van der Waals surface area contributed by atoms with Gasteiger partial charge in [0.2, 0.25) is 0 Å². The molecule has 0 radical (unpaired) electrons. The van der Waals surface area contributed by atoms with Crippen molar-refractivity contribution in [3.8, 4) is 0 Å². The SMILES string of the molecule is CCNC(=NCCCc1c(C)noc1C)N1CCC(=Cc2ccccc2)CC1. The van der Waals surface area contributed by atoms with Crippen LogP contribution in [0.1, 0.15) is 48.8 Å². The number of nitrogens with zero attached hydrogens (tertiary/aromatic N) is 3. The molecule has 2 heterocycles. The monoisotopic (exact) mass is 380 g/mol. The highest BCUT2D eigenvalue weighted by molar-refractivity contribution is 5.80. The van der Waals surface area contributed by atoms with E-state index in [9.17, 15) is 0 Å². The largest absolute Gasteiger partial charge is 0.361 e. The average molecular weight is 381 g/mol. The molecular weight excluding hydrogens is 348 g/mol. The predicted octanol–water partition coefficient (Wildman–Crippen LogP) is 4.37. The van der Waals surface area contributed by atoms with Crippen LogP contribution in [0.2, 0.25) is 0 Å². The summed E-state index contributed by atoms with van der Waals surface area (Å²) < 4.78 is 5.25. The average Bonchev–Trinajstić information content (AvgIpc) is 3.03. The first-order valence-corrected chi connectivity index (χ1v) is 10.4. The van der Waals surface area contributed by atoms with E-state index < -0.39 is 0 Å². The normalized spacial score (nSPS) is 15.0. The topological polar surface area (TPSA) is 53.7 Å². The summed E-state index contributed by atoms with van der Waals surface area (Å²) in [4.78, 5) is 7.26. The molecule has 2 aromatic rings. The zero-order valence-electron chi connectivity index (χ0n) is 17.4. The third-order valence-electron chi connectivity index (χ3n) is 5.24. The van der Waals surface area contributed by atoms with E-state index in [1.807, 2.05) is 13.8 Å². The number of aromatic nitrogens is 1.